The fourth-order valence-corrected chi connectivity index (χ4v) is 5.58. The Kier molecular flexibility index (Phi) is 9.39. The number of aryl methyl sites for hydroxylation is 1. The lowest BCUT2D eigenvalue weighted by Crippen LogP contribution is -2.48. The van der Waals surface area contributed by atoms with Gasteiger partial charge in [0.15, 0.2) is 0 Å². The lowest BCUT2D eigenvalue weighted by atomic mass is 10.0. The van der Waals surface area contributed by atoms with Crippen LogP contribution in [-0.4, -0.2) is 66.3 Å². The third-order valence-corrected chi connectivity index (χ3v) is 7.46. The van der Waals surface area contributed by atoms with Gasteiger partial charge >= 0.3 is 0 Å². The normalized spacial score (nSPS) is 16.0. The molecule has 0 aliphatic carbocycles. The van der Waals surface area contributed by atoms with Crippen LogP contribution in [0.15, 0.2) is 66.0 Å². The summed E-state index contributed by atoms with van der Waals surface area (Å²) in [7, 11) is 0. The summed E-state index contributed by atoms with van der Waals surface area (Å²) in [4.78, 5) is 18.9. The summed E-state index contributed by atoms with van der Waals surface area (Å²) in [5.41, 5.74) is 2.22. The molecular weight excluding hydrogens is 472 g/mol. The number of carbonyl (C=O) groups excluding carboxylic acids is 1. The van der Waals surface area contributed by atoms with Crippen LogP contribution in [0.25, 0.3) is 0 Å². The molecule has 2 atom stereocenters. The maximum absolute atomic E-state index is 13.6. The SMILES string of the molecule is CCCN(CC(=O)N1CCc2sccc2C1COc1ccccc1)CC(O)COc1ccccc1C. The summed E-state index contributed by atoms with van der Waals surface area (Å²) in [6, 6.07) is 19.5. The summed E-state index contributed by atoms with van der Waals surface area (Å²) in [6.45, 7) is 6.73. The Morgan fingerprint density at radius 2 is 1.92 bits per heavy atom. The molecule has 1 aromatic heterocycles. The predicted octanol–water partition coefficient (Wildman–Crippen LogP) is 4.71. The van der Waals surface area contributed by atoms with Crippen LogP contribution < -0.4 is 9.47 Å². The molecule has 192 valence electrons. The van der Waals surface area contributed by atoms with Gasteiger partial charge in [-0.05, 0) is 67.1 Å². The van der Waals surface area contributed by atoms with Gasteiger partial charge in [-0.2, -0.15) is 0 Å². The molecule has 2 heterocycles. The maximum atomic E-state index is 13.6. The van der Waals surface area contributed by atoms with Gasteiger partial charge < -0.3 is 19.5 Å². The molecular formula is C29H36N2O4S. The van der Waals surface area contributed by atoms with E-state index in [1.165, 1.54) is 10.4 Å². The van der Waals surface area contributed by atoms with Gasteiger partial charge in [-0.25, -0.2) is 0 Å². The Labute approximate surface area is 218 Å². The number of para-hydroxylation sites is 2. The Balaban J connectivity index is 1.38. The van der Waals surface area contributed by atoms with E-state index in [1.54, 1.807) is 11.3 Å². The molecule has 0 fully saturated rings. The summed E-state index contributed by atoms with van der Waals surface area (Å²) < 4.78 is 11.9. The molecule has 0 radical (unpaired) electrons. The summed E-state index contributed by atoms with van der Waals surface area (Å²) in [5.74, 6) is 1.64. The smallest absolute Gasteiger partial charge is 0.237 e. The average Bonchev–Trinajstić information content (AvgIpc) is 3.37. The quantitative estimate of drug-likeness (QED) is 0.384. The summed E-state index contributed by atoms with van der Waals surface area (Å²) in [6.07, 6.45) is 1.07. The molecule has 3 aromatic rings. The molecule has 1 aliphatic rings. The summed E-state index contributed by atoms with van der Waals surface area (Å²) >= 11 is 1.75. The zero-order valence-corrected chi connectivity index (χ0v) is 22.0. The highest BCUT2D eigenvalue weighted by molar-refractivity contribution is 7.10. The summed E-state index contributed by atoms with van der Waals surface area (Å²) in [5, 5.41) is 12.8. The Hall–Kier alpha value is -2.87. The van der Waals surface area contributed by atoms with Gasteiger partial charge in [0.25, 0.3) is 0 Å². The van der Waals surface area contributed by atoms with Crippen LogP contribution in [0.2, 0.25) is 0 Å². The monoisotopic (exact) mass is 508 g/mol. The number of hydrogen-bond donors (Lipinski definition) is 1. The largest absolute Gasteiger partial charge is 0.491 e. The first-order chi connectivity index (χ1) is 17.5. The number of fused-ring (bicyclic) bond motifs is 1. The van der Waals surface area contributed by atoms with E-state index in [0.29, 0.717) is 19.7 Å². The zero-order chi connectivity index (χ0) is 25.3. The third kappa shape index (κ3) is 6.87. The van der Waals surface area contributed by atoms with Crippen molar-refractivity contribution >= 4 is 17.2 Å². The number of aliphatic hydroxyl groups is 1. The second-order valence-electron chi connectivity index (χ2n) is 9.24. The van der Waals surface area contributed by atoms with Crippen molar-refractivity contribution < 1.29 is 19.4 Å². The van der Waals surface area contributed by atoms with Crippen LogP contribution in [-0.2, 0) is 11.2 Å². The first-order valence-corrected chi connectivity index (χ1v) is 13.6. The van der Waals surface area contributed by atoms with Gasteiger partial charge in [-0.1, -0.05) is 43.3 Å². The van der Waals surface area contributed by atoms with E-state index in [-0.39, 0.29) is 25.1 Å². The van der Waals surface area contributed by atoms with E-state index in [2.05, 4.69) is 18.4 Å². The van der Waals surface area contributed by atoms with Crippen molar-refractivity contribution in [3.63, 3.8) is 0 Å². The van der Waals surface area contributed by atoms with Crippen molar-refractivity contribution in [1.82, 2.24) is 9.80 Å². The third-order valence-electron chi connectivity index (χ3n) is 6.46. The number of hydrogen-bond acceptors (Lipinski definition) is 6. The predicted molar refractivity (Wildman–Crippen MR) is 144 cm³/mol. The molecule has 2 unspecified atom stereocenters. The number of benzene rings is 2. The molecule has 1 aliphatic heterocycles. The van der Waals surface area contributed by atoms with E-state index < -0.39 is 6.10 Å². The van der Waals surface area contributed by atoms with Crippen LogP contribution in [0.4, 0.5) is 0 Å². The highest BCUT2D eigenvalue weighted by atomic mass is 32.1. The van der Waals surface area contributed by atoms with E-state index in [0.717, 1.165) is 36.4 Å². The first-order valence-electron chi connectivity index (χ1n) is 12.7. The van der Waals surface area contributed by atoms with Crippen molar-refractivity contribution in [1.29, 1.82) is 0 Å². The number of amides is 1. The molecule has 0 spiro atoms. The maximum Gasteiger partial charge on any atom is 0.237 e. The molecule has 2 aromatic carbocycles. The van der Waals surface area contributed by atoms with Gasteiger partial charge in [0.1, 0.15) is 30.8 Å². The molecule has 0 saturated heterocycles. The van der Waals surface area contributed by atoms with Crippen LogP contribution in [0.1, 0.15) is 35.4 Å². The van der Waals surface area contributed by atoms with Crippen molar-refractivity contribution in [2.24, 2.45) is 0 Å². The van der Waals surface area contributed by atoms with Crippen LogP contribution in [0.5, 0.6) is 11.5 Å². The number of ether oxygens (including phenoxy) is 2. The zero-order valence-electron chi connectivity index (χ0n) is 21.1. The number of thiophene rings is 1. The molecule has 4 rings (SSSR count). The fraction of sp³-hybridized carbons (Fsp3) is 0.414. The Bertz CT molecular complexity index is 1100. The molecule has 0 saturated carbocycles. The minimum atomic E-state index is -0.689. The van der Waals surface area contributed by atoms with E-state index >= 15 is 0 Å². The molecule has 0 bridgehead atoms. The lowest BCUT2D eigenvalue weighted by molar-refractivity contribution is -0.136. The van der Waals surface area contributed by atoms with Crippen molar-refractivity contribution in [3.05, 3.63) is 82.0 Å². The first kappa shape index (κ1) is 26.2. The van der Waals surface area contributed by atoms with Gasteiger partial charge in [-0.15, -0.1) is 11.3 Å². The fourth-order valence-electron chi connectivity index (χ4n) is 4.65. The van der Waals surface area contributed by atoms with Gasteiger partial charge in [0, 0.05) is 18.0 Å². The highest BCUT2D eigenvalue weighted by Gasteiger charge is 2.33. The van der Waals surface area contributed by atoms with E-state index in [1.807, 2.05) is 71.3 Å². The van der Waals surface area contributed by atoms with Gasteiger partial charge in [0.05, 0.1) is 12.6 Å². The Morgan fingerprint density at radius 1 is 1.14 bits per heavy atom. The number of nitrogens with zero attached hydrogens (tertiary/aromatic N) is 2. The van der Waals surface area contributed by atoms with Crippen molar-refractivity contribution in [2.45, 2.75) is 38.8 Å². The minimum absolute atomic E-state index is 0.0639. The topological polar surface area (TPSA) is 62.2 Å². The second-order valence-corrected chi connectivity index (χ2v) is 10.2. The van der Waals surface area contributed by atoms with Crippen LogP contribution >= 0.6 is 11.3 Å². The molecule has 7 heteroatoms. The van der Waals surface area contributed by atoms with E-state index in [9.17, 15) is 9.90 Å². The van der Waals surface area contributed by atoms with Crippen LogP contribution in [0, 0.1) is 6.92 Å². The van der Waals surface area contributed by atoms with Crippen molar-refractivity contribution in [2.75, 3.05) is 39.4 Å². The van der Waals surface area contributed by atoms with E-state index in [4.69, 9.17) is 9.47 Å². The minimum Gasteiger partial charge on any atom is -0.491 e. The molecule has 1 amide bonds. The second kappa shape index (κ2) is 12.9. The van der Waals surface area contributed by atoms with Gasteiger partial charge in [0.2, 0.25) is 5.91 Å². The molecule has 36 heavy (non-hydrogen) atoms. The molecule has 1 N–H and O–H groups in total. The Morgan fingerprint density at radius 3 is 2.69 bits per heavy atom. The number of aliphatic hydroxyl groups excluding tert-OH is 1. The number of carbonyl (C=O) groups is 1. The van der Waals surface area contributed by atoms with Crippen molar-refractivity contribution in [3.8, 4) is 11.5 Å². The number of rotatable bonds is 12. The highest BCUT2D eigenvalue weighted by Crippen LogP contribution is 2.34. The average molecular weight is 509 g/mol. The van der Waals surface area contributed by atoms with Crippen LogP contribution in [0.3, 0.4) is 0 Å². The standard InChI is InChI=1S/C29H36N2O4S/c1-3-15-30(18-23(32)20-35-27-12-8-7-9-22(27)2)19-29(33)31-16-13-28-25(14-17-36-28)26(31)21-34-24-10-5-4-6-11-24/h4-12,14,17,23,26,32H,3,13,15-16,18-21H2,1-2H3. The molecule has 6 nitrogen and oxygen atoms in total. The lowest BCUT2D eigenvalue weighted by Gasteiger charge is -2.37. The van der Waals surface area contributed by atoms with Gasteiger partial charge in [-0.3, -0.25) is 9.69 Å².